The van der Waals surface area contributed by atoms with Gasteiger partial charge in [0.15, 0.2) is 17.6 Å². The highest BCUT2D eigenvalue weighted by Gasteiger charge is 2.44. The molecule has 27 heavy (non-hydrogen) atoms. The number of carbonyl (C=O) groups excluding carboxylic acids is 1. The lowest BCUT2D eigenvalue weighted by Gasteiger charge is -2.39. The molecule has 0 aromatic heterocycles. The highest BCUT2D eigenvalue weighted by Crippen LogP contribution is 2.32. The molecule has 0 bridgehead atoms. The summed E-state index contributed by atoms with van der Waals surface area (Å²) in [6, 6.07) is 4.55. The van der Waals surface area contributed by atoms with Gasteiger partial charge in [0.1, 0.15) is 24.4 Å². The van der Waals surface area contributed by atoms with Gasteiger partial charge in [0, 0.05) is 6.42 Å². The lowest BCUT2D eigenvalue weighted by Crippen LogP contribution is -2.60. The van der Waals surface area contributed by atoms with Gasteiger partial charge < -0.3 is 44.5 Å². The molecule has 6 atom stereocenters. The highest BCUT2D eigenvalue weighted by atomic mass is 16.7. The van der Waals surface area contributed by atoms with E-state index in [-0.39, 0.29) is 17.9 Å². The SMILES string of the molecule is COC(=O)[C@H](O)Cc1ccc(O[C@@H]2O[C@H](CO)[C@@H](O)[C@H](O)[C@H]2O)c(OC)c1. The minimum atomic E-state index is -1.57. The van der Waals surface area contributed by atoms with Gasteiger partial charge in [-0.2, -0.15) is 0 Å². The minimum Gasteiger partial charge on any atom is -0.493 e. The van der Waals surface area contributed by atoms with Crippen molar-refractivity contribution in [3.05, 3.63) is 23.8 Å². The number of benzene rings is 1. The van der Waals surface area contributed by atoms with Crippen molar-refractivity contribution in [1.29, 1.82) is 0 Å². The number of aliphatic hydroxyl groups excluding tert-OH is 5. The summed E-state index contributed by atoms with van der Waals surface area (Å²) in [6.45, 7) is -0.577. The number of carbonyl (C=O) groups is 1. The average Bonchev–Trinajstić information content (AvgIpc) is 2.68. The van der Waals surface area contributed by atoms with Crippen molar-refractivity contribution in [2.75, 3.05) is 20.8 Å². The van der Waals surface area contributed by atoms with E-state index in [2.05, 4.69) is 4.74 Å². The predicted octanol–water partition coefficient (Wildman–Crippen LogP) is -2.05. The van der Waals surface area contributed by atoms with Gasteiger partial charge in [-0.05, 0) is 17.7 Å². The van der Waals surface area contributed by atoms with E-state index in [9.17, 15) is 30.3 Å². The van der Waals surface area contributed by atoms with Gasteiger partial charge in [0.2, 0.25) is 6.29 Å². The maximum Gasteiger partial charge on any atom is 0.335 e. The normalized spacial score (nSPS) is 29.1. The third kappa shape index (κ3) is 4.86. The van der Waals surface area contributed by atoms with E-state index >= 15 is 0 Å². The fourth-order valence-electron chi connectivity index (χ4n) is 2.67. The van der Waals surface area contributed by atoms with Crippen molar-refractivity contribution in [3.63, 3.8) is 0 Å². The number of esters is 1. The van der Waals surface area contributed by atoms with Crippen LogP contribution in [0, 0.1) is 0 Å². The Morgan fingerprint density at radius 3 is 2.44 bits per heavy atom. The van der Waals surface area contributed by atoms with Gasteiger partial charge in [0.05, 0.1) is 20.8 Å². The Labute approximate surface area is 155 Å². The van der Waals surface area contributed by atoms with E-state index < -0.39 is 49.4 Å². The van der Waals surface area contributed by atoms with E-state index in [0.717, 1.165) is 0 Å². The third-order valence-corrected chi connectivity index (χ3v) is 4.22. The van der Waals surface area contributed by atoms with Gasteiger partial charge >= 0.3 is 5.97 Å². The molecule has 152 valence electrons. The third-order valence-electron chi connectivity index (χ3n) is 4.22. The molecular weight excluding hydrogens is 364 g/mol. The van der Waals surface area contributed by atoms with Crippen molar-refractivity contribution in [1.82, 2.24) is 0 Å². The molecule has 0 radical (unpaired) electrons. The predicted molar refractivity (Wildman–Crippen MR) is 89.1 cm³/mol. The molecule has 10 heteroatoms. The van der Waals surface area contributed by atoms with E-state index in [4.69, 9.17) is 14.2 Å². The molecule has 1 fully saturated rings. The van der Waals surface area contributed by atoms with Gasteiger partial charge in [-0.25, -0.2) is 4.79 Å². The molecule has 1 aromatic rings. The fraction of sp³-hybridized carbons (Fsp3) is 0.588. The van der Waals surface area contributed by atoms with Crippen molar-refractivity contribution in [3.8, 4) is 11.5 Å². The zero-order valence-corrected chi connectivity index (χ0v) is 14.9. The smallest absolute Gasteiger partial charge is 0.335 e. The molecule has 10 nitrogen and oxygen atoms in total. The Balaban J connectivity index is 2.15. The number of methoxy groups -OCH3 is 2. The van der Waals surface area contributed by atoms with Crippen LogP contribution in [0.4, 0.5) is 0 Å². The van der Waals surface area contributed by atoms with Crippen LogP contribution in [0.1, 0.15) is 5.56 Å². The van der Waals surface area contributed by atoms with Crippen LogP contribution in [0.3, 0.4) is 0 Å². The summed E-state index contributed by atoms with van der Waals surface area (Å²) >= 11 is 0. The fourth-order valence-corrected chi connectivity index (χ4v) is 2.67. The molecule has 0 unspecified atom stereocenters. The largest absolute Gasteiger partial charge is 0.493 e. The standard InChI is InChI=1S/C17H24O10/c1-24-11-6-8(5-9(19)16(23)25-2)3-4-10(11)26-17-15(22)14(21)13(20)12(7-18)27-17/h3-4,6,9,12-15,17-22H,5,7H2,1-2H3/t9-,12-,13-,14+,15-,17-/m1/s1. The van der Waals surface area contributed by atoms with Crippen molar-refractivity contribution in [2.24, 2.45) is 0 Å². The quantitative estimate of drug-likeness (QED) is 0.330. The summed E-state index contributed by atoms with van der Waals surface area (Å²) in [5, 5.41) is 48.6. The average molecular weight is 388 g/mol. The Hall–Kier alpha value is -1.95. The summed E-state index contributed by atoms with van der Waals surface area (Å²) in [7, 11) is 2.54. The van der Waals surface area contributed by atoms with E-state index in [1.54, 1.807) is 6.07 Å². The van der Waals surface area contributed by atoms with Crippen LogP contribution in [0.15, 0.2) is 18.2 Å². The summed E-state index contributed by atoms with van der Waals surface area (Å²) in [6.07, 6.45) is -8.43. The second-order valence-corrected chi connectivity index (χ2v) is 6.04. The first kappa shape index (κ1) is 21.4. The van der Waals surface area contributed by atoms with Crippen LogP contribution in [0.25, 0.3) is 0 Å². The number of ether oxygens (including phenoxy) is 4. The summed E-state index contributed by atoms with van der Waals surface area (Å²) < 4.78 is 20.5. The van der Waals surface area contributed by atoms with Crippen LogP contribution in [0.5, 0.6) is 11.5 Å². The summed E-state index contributed by atoms with van der Waals surface area (Å²) in [5.41, 5.74) is 0.561. The lowest BCUT2D eigenvalue weighted by atomic mass is 9.99. The molecule has 1 aromatic carbocycles. The topological polar surface area (TPSA) is 155 Å². The molecule has 0 saturated carbocycles. The second-order valence-electron chi connectivity index (χ2n) is 6.04. The molecule has 1 saturated heterocycles. The van der Waals surface area contributed by atoms with Crippen molar-refractivity contribution in [2.45, 2.75) is 43.2 Å². The number of aliphatic hydroxyl groups is 5. The number of rotatable bonds is 7. The summed E-state index contributed by atoms with van der Waals surface area (Å²) in [4.78, 5) is 11.3. The van der Waals surface area contributed by atoms with Crippen LogP contribution in [0.2, 0.25) is 0 Å². The van der Waals surface area contributed by atoms with Gasteiger partial charge in [-0.15, -0.1) is 0 Å². The van der Waals surface area contributed by atoms with Crippen molar-refractivity contribution >= 4 is 5.97 Å². The Morgan fingerprint density at radius 2 is 1.85 bits per heavy atom. The molecule has 0 amide bonds. The first-order valence-electron chi connectivity index (χ1n) is 8.22. The van der Waals surface area contributed by atoms with Crippen molar-refractivity contribution < 1.29 is 49.3 Å². The molecule has 0 spiro atoms. The van der Waals surface area contributed by atoms with Gasteiger partial charge in [-0.3, -0.25) is 0 Å². The van der Waals surface area contributed by atoms with Crippen LogP contribution < -0.4 is 9.47 Å². The van der Waals surface area contributed by atoms with E-state index in [1.165, 1.54) is 26.4 Å². The molecule has 5 N–H and O–H groups in total. The highest BCUT2D eigenvalue weighted by molar-refractivity contribution is 5.74. The monoisotopic (exact) mass is 388 g/mol. The Kier molecular flexibility index (Phi) is 7.36. The summed E-state index contributed by atoms with van der Waals surface area (Å²) in [5.74, 6) is -0.393. The van der Waals surface area contributed by atoms with Crippen LogP contribution >= 0.6 is 0 Å². The molecule has 1 aliphatic heterocycles. The minimum absolute atomic E-state index is 0.0106. The molecular formula is C17H24O10. The second kappa shape index (κ2) is 9.31. The van der Waals surface area contributed by atoms with Crippen LogP contribution in [-0.2, 0) is 20.7 Å². The lowest BCUT2D eigenvalue weighted by molar-refractivity contribution is -0.277. The van der Waals surface area contributed by atoms with Gasteiger partial charge in [-0.1, -0.05) is 6.07 Å². The molecule has 2 rings (SSSR count). The maximum atomic E-state index is 11.3. The zero-order chi connectivity index (χ0) is 20.1. The van der Waals surface area contributed by atoms with Crippen LogP contribution in [-0.4, -0.2) is 89.1 Å². The van der Waals surface area contributed by atoms with E-state index in [1.807, 2.05) is 0 Å². The zero-order valence-electron chi connectivity index (χ0n) is 14.9. The molecule has 0 aliphatic carbocycles. The Morgan fingerprint density at radius 1 is 1.15 bits per heavy atom. The Bertz CT molecular complexity index is 634. The molecule has 1 aliphatic rings. The first-order chi connectivity index (χ1) is 12.8. The maximum absolute atomic E-state index is 11.3. The number of hydrogen-bond acceptors (Lipinski definition) is 10. The number of hydrogen-bond donors (Lipinski definition) is 5. The first-order valence-corrected chi connectivity index (χ1v) is 8.22. The van der Waals surface area contributed by atoms with E-state index in [0.29, 0.717) is 5.56 Å². The van der Waals surface area contributed by atoms with Gasteiger partial charge in [0.25, 0.3) is 0 Å². The molecule has 1 heterocycles.